The van der Waals surface area contributed by atoms with Gasteiger partial charge >= 0.3 is 0 Å². The summed E-state index contributed by atoms with van der Waals surface area (Å²) >= 11 is 5.96. The van der Waals surface area contributed by atoms with Gasteiger partial charge < -0.3 is 10.2 Å². The van der Waals surface area contributed by atoms with Crippen LogP contribution in [0, 0.1) is 5.82 Å². The number of fused-ring (bicyclic) bond motifs is 1. The van der Waals surface area contributed by atoms with Gasteiger partial charge in [-0.15, -0.1) is 0 Å². The number of oxazole rings is 1. The molecule has 3 nitrogen and oxygen atoms in total. The van der Waals surface area contributed by atoms with Gasteiger partial charge in [-0.3, -0.25) is 0 Å². The van der Waals surface area contributed by atoms with Gasteiger partial charge in [0.25, 0.3) is 0 Å². The summed E-state index contributed by atoms with van der Waals surface area (Å²) in [7, 11) is 0. The molecule has 3 aromatic rings. The zero-order valence-electron chi connectivity index (χ0n) is 9.15. The highest BCUT2D eigenvalue weighted by Gasteiger charge is 2.13. The zero-order valence-corrected chi connectivity index (χ0v) is 9.91. The predicted molar refractivity (Wildman–Crippen MR) is 68.8 cm³/mol. The summed E-state index contributed by atoms with van der Waals surface area (Å²) in [5.74, 6) is -0.0766. The molecule has 0 amide bonds. The lowest BCUT2D eigenvalue weighted by Gasteiger charge is -1.98. The van der Waals surface area contributed by atoms with Crippen molar-refractivity contribution in [2.24, 2.45) is 0 Å². The lowest BCUT2D eigenvalue weighted by Crippen LogP contribution is -1.85. The number of nitrogen functional groups attached to an aromatic ring is 1. The summed E-state index contributed by atoms with van der Waals surface area (Å²) < 4.78 is 18.5. The molecule has 18 heavy (non-hydrogen) atoms. The monoisotopic (exact) mass is 262 g/mol. The van der Waals surface area contributed by atoms with Crippen LogP contribution in [0.3, 0.4) is 0 Å². The minimum absolute atomic E-state index is 0.250. The normalized spacial score (nSPS) is 11.0. The molecule has 0 unspecified atom stereocenters. The Morgan fingerprint density at radius 2 is 2.06 bits per heavy atom. The van der Waals surface area contributed by atoms with E-state index < -0.39 is 5.82 Å². The highest BCUT2D eigenvalue weighted by molar-refractivity contribution is 6.33. The Balaban J connectivity index is 2.23. The fourth-order valence-electron chi connectivity index (χ4n) is 1.75. The molecule has 0 fully saturated rings. The summed E-state index contributed by atoms with van der Waals surface area (Å²) in [6, 6.07) is 9.33. The number of para-hydroxylation sites is 1. The highest BCUT2D eigenvalue weighted by Crippen LogP contribution is 2.31. The topological polar surface area (TPSA) is 52.0 Å². The molecule has 1 aromatic heterocycles. The first-order chi connectivity index (χ1) is 8.65. The van der Waals surface area contributed by atoms with E-state index in [1.165, 1.54) is 18.2 Å². The smallest absolute Gasteiger partial charge is 0.228 e. The van der Waals surface area contributed by atoms with Crippen LogP contribution < -0.4 is 5.73 Å². The van der Waals surface area contributed by atoms with E-state index in [1.54, 1.807) is 18.2 Å². The second kappa shape index (κ2) is 3.99. The third kappa shape index (κ3) is 1.71. The van der Waals surface area contributed by atoms with Gasteiger partial charge in [0.1, 0.15) is 11.3 Å². The Bertz CT molecular complexity index is 739. The van der Waals surface area contributed by atoms with E-state index in [0.717, 1.165) is 0 Å². The Hall–Kier alpha value is -2.07. The number of halogens is 2. The molecule has 0 aliphatic carbocycles. The van der Waals surface area contributed by atoms with Gasteiger partial charge in [0.15, 0.2) is 5.58 Å². The van der Waals surface area contributed by atoms with Crippen molar-refractivity contribution in [2.45, 2.75) is 0 Å². The second-order valence-electron chi connectivity index (χ2n) is 3.84. The number of anilines is 1. The molecule has 0 spiro atoms. The van der Waals surface area contributed by atoms with Crippen LogP contribution in [0.15, 0.2) is 40.8 Å². The Morgan fingerprint density at radius 1 is 1.22 bits per heavy atom. The second-order valence-corrected chi connectivity index (χ2v) is 4.24. The van der Waals surface area contributed by atoms with E-state index in [0.29, 0.717) is 28.2 Å². The van der Waals surface area contributed by atoms with Crippen LogP contribution in [0.1, 0.15) is 0 Å². The number of nitrogens with zero attached hydrogens (tertiary/aromatic N) is 1. The number of benzene rings is 2. The summed E-state index contributed by atoms with van der Waals surface area (Å²) in [6.45, 7) is 0. The van der Waals surface area contributed by atoms with Crippen LogP contribution in [-0.4, -0.2) is 4.98 Å². The molecule has 90 valence electrons. The summed E-state index contributed by atoms with van der Waals surface area (Å²) in [5, 5.41) is 0.250. The summed E-state index contributed by atoms with van der Waals surface area (Å²) in [4.78, 5) is 4.27. The number of nitrogens with two attached hydrogens (primary N) is 1. The van der Waals surface area contributed by atoms with E-state index in [4.69, 9.17) is 21.8 Å². The van der Waals surface area contributed by atoms with E-state index in [9.17, 15) is 4.39 Å². The molecule has 0 saturated carbocycles. The maximum Gasteiger partial charge on any atom is 0.228 e. The average Bonchev–Trinajstić information content (AvgIpc) is 2.74. The molecule has 0 radical (unpaired) electrons. The summed E-state index contributed by atoms with van der Waals surface area (Å²) in [5.41, 5.74) is 8.01. The van der Waals surface area contributed by atoms with Gasteiger partial charge in [-0.05, 0) is 30.3 Å². The van der Waals surface area contributed by atoms with Crippen LogP contribution in [0.25, 0.3) is 22.6 Å². The lowest BCUT2D eigenvalue weighted by atomic mass is 10.2. The maximum absolute atomic E-state index is 13.0. The molecule has 0 saturated heterocycles. The minimum Gasteiger partial charge on any atom is -0.436 e. The van der Waals surface area contributed by atoms with Crippen LogP contribution in [0.4, 0.5) is 10.1 Å². The van der Waals surface area contributed by atoms with E-state index in [1.807, 2.05) is 0 Å². The third-order valence-electron chi connectivity index (χ3n) is 2.61. The van der Waals surface area contributed by atoms with E-state index in [2.05, 4.69) is 4.98 Å². The Labute approximate surface area is 107 Å². The molecular formula is C13H8ClFN2O. The molecule has 1 heterocycles. The van der Waals surface area contributed by atoms with Crippen LogP contribution in [0.2, 0.25) is 5.02 Å². The van der Waals surface area contributed by atoms with Crippen molar-refractivity contribution in [3.8, 4) is 11.5 Å². The molecule has 3 rings (SSSR count). The quantitative estimate of drug-likeness (QED) is 0.677. The number of rotatable bonds is 1. The number of aromatic nitrogens is 1. The molecule has 0 atom stereocenters. The van der Waals surface area contributed by atoms with Gasteiger partial charge in [-0.25, -0.2) is 9.37 Å². The van der Waals surface area contributed by atoms with Crippen LogP contribution in [-0.2, 0) is 0 Å². The number of hydrogen-bond donors (Lipinski definition) is 1. The van der Waals surface area contributed by atoms with Crippen molar-refractivity contribution in [3.63, 3.8) is 0 Å². The first-order valence-electron chi connectivity index (χ1n) is 5.25. The highest BCUT2D eigenvalue weighted by atomic mass is 35.5. The lowest BCUT2D eigenvalue weighted by molar-refractivity contribution is 0.616. The van der Waals surface area contributed by atoms with Gasteiger partial charge in [-0.2, -0.15) is 0 Å². The standard InChI is InChI=1S/C13H8ClFN2O/c14-9-6-7(15)4-5-8(9)13-17-12-10(16)2-1-3-11(12)18-13/h1-6H,16H2. The van der Waals surface area contributed by atoms with Gasteiger partial charge in [0.2, 0.25) is 5.89 Å². The van der Waals surface area contributed by atoms with Crippen molar-refractivity contribution < 1.29 is 8.81 Å². The van der Waals surface area contributed by atoms with Crippen LogP contribution in [0.5, 0.6) is 0 Å². The Morgan fingerprint density at radius 3 is 2.78 bits per heavy atom. The van der Waals surface area contributed by atoms with Crippen molar-refractivity contribution in [1.82, 2.24) is 4.98 Å². The van der Waals surface area contributed by atoms with Gasteiger partial charge in [0.05, 0.1) is 16.3 Å². The fourth-order valence-corrected chi connectivity index (χ4v) is 2.00. The molecule has 5 heteroatoms. The molecule has 2 N–H and O–H groups in total. The van der Waals surface area contributed by atoms with E-state index >= 15 is 0 Å². The maximum atomic E-state index is 13.0. The molecular weight excluding hydrogens is 255 g/mol. The Kier molecular flexibility index (Phi) is 2.45. The third-order valence-corrected chi connectivity index (χ3v) is 2.92. The predicted octanol–water partition coefficient (Wildman–Crippen LogP) is 3.87. The molecule has 0 bridgehead atoms. The first-order valence-corrected chi connectivity index (χ1v) is 5.63. The average molecular weight is 263 g/mol. The van der Waals surface area contributed by atoms with Crippen molar-refractivity contribution in [1.29, 1.82) is 0 Å². The van der Waals surface area contributed by atoms with Crippen molar-refractivity contribution >= 4 is 28.4 Å². The minimum atomic E-state index is -0.403. The van der Waals surface area contributed by atoms with E-state index in [-0.39, 0.29) is 5.02 Å². The van der Waals surface area contributed by atoms with Gasteiger partial charge in [0, 0.05) is 0 Å². The van der Waals surface area contributed by atoms with Gasteiger partial charge in [-0.1, -0.05) is 17.7 Å². The molecule has 0 aliphatic rings. The molecule has 0 aliphatic heterocycles. The van der Waals surface area contributed by atoms with Crippen molar-refractivity contribution in [3.05, 3.63) is 47.2 Å². The number of hydrogen-bond acceptors (Lipinski definition) is 3. The molecule has 2 aromatic carbocycles. The first kappa shape index (κ1) is 11.0. The van der Waals surface area contributed by atoms with Crippen molar-refractivity contribution in [2.75, 3.05) is 5.73 Å². The fraction of sp³-hybridized carbons (Fsp3) is 0. The largest absolute Gasteiger partial charge is 0.436 e. The zero-order chi connectivity index (χ0) is 12.7. The summed E-state index contributed by atoms with van der Waals surface area (Å²) in [6.07, 6.45) is 0. The SMILES string of the molecule is Nc1cccc2oc(-c3ccc(F)cc3Cl)nc12. The van der Waals surface area contributed by atoms with Crippen LogP contribution >= 0.6 is 11.6 Å².